The van der Waals surface area contributed by atoms with Gasteiger partial charge in [-0.2, -0.15) is 0 Å². The topological polar surface area (TPSA) is 12.9 Å². The summed E-state index contributed by atoms with van der Waals surface area (Å²) >= 11 is 6.47. The summed E-state index contributed by atoms with van der Waals surface area (Å²) in [4.78, 5) is 4.83. The monoisotopic (exact) mass is 273 g/mol. The van der Waals surface area contributed by atoms with E-state index in [1.165, 1.54) is 36.9 Å². The maximum absolute atomic E-state index is 6.47. The third kappa shape index (κ3) is 2.62. The summed E-state index contributed by atoms with van der Waals surface area (Å²) in [6.07, 6.45) is 7.47. The van der Waals surface area contributed by atoms with Crippen LogP contribution in [0.2, 0.25) is 5.02 Å². The number of hydrogen-bond acceptors (Lipinski definition) is 1. The van der Waals surface area contributed by atoms with Crippen molar-refractivity contribution in [1.29, 1.82) is 0 Å². The second kappa shape index (κ2) is 5.50. The van der Waals surface area contributed by atoms with Crippen molar-refractivity contribution in [2.45, 2.75) is 51.4 Å². The van der Waals surface area contributed by atoms with Gasteiger partial charge in [0, 0.05) is 17.0 Å². The van der Waals surface area contributed by atoms with Crippen molar-refractivity contribution in [3.63, 3.8) is 0 Å². The number of benzene rings is 1. The molecule has 0 spiro atoms. The van der Waals surface area contributed by atoms with Gasteiger partial charge >= 0.3 is 0 Å². The highest BCUT2D eigenvalue weighted by Gasteiger charge is 2.19. The highest BCUT2D eigenvalue weighted by atomic mass is 35.5. The lowest BCUT2D eigenvalue weighted by Crippen LogP contribution is -1.97. The maximum atomic E-state index is 6.47. The van der Waals surface area contributed by atoms with Gasteiger partial charge in [-0.3, -0.25) is 4.98 Å². The lowest BCUT2D eigenvalue weighted by Gasteiger charge is -2.11. The number of halogens is 1. The molecule has 0 saturated heterocycles. The average Bonchev–Trinajstić information content (AvgIpc) is 2.93. The molecular formula is C17H20ClN. The maximum Gasteiger partial charge on any atom is 0.0720 e. The fourth-order valence-corrected chi connectivity index (χ4v) is 3.39. The SMILES string of the molecule is CCCc1ccc2nc(C3CCCC3)cc(Cl)c2c1. The quantitative estimate of drug-likeness (QED) is 0.720. The Morgan fingerprint density at radius 2 is 2.00 bits per heavy atom. The minimum atomic E-state index is 0.622. The first-order valence-corrected chi connectivity index (χ1v) is 7.75. The van der Waals surface area contributed by atoms with Gasteiger partial charge in [-0.05, 0) is 43.0 Å². The molecule has 3 rings (SSSR count). The summed E-state index contributed by atoms with van der Waals surface area (Å²) in [7, 11) is 0. The lowest BCUT2D eigenvalue weighted by atomic mass is 10.0. The van der Waals surface area contributed by atoms with Crippen LogP contribution in [0.5, 0.6) is 0 Å². The molecule has 0 radical (unpaired) electrons. The van der Waals surface area contributed by atoms with E-state index in [9.17, 15) is 0 Å². The second-order valence-corrected chi connectivity index (χ2v) is 6.02. The van der Waals surface area contributed by atoms with Gasteiger partial charge in [-0.1, -0.05) is 43.9 Å². The minimum absolute atomic E-state index is 0.622. The van der Waals surface area contributed by atoms with Crippen molar-refractivity contribution in [3.05, 3.63) is 40.5 Å². The van der Waals surface area contributed by atoms with Crippen molar-refractivity contribution in [1.82, 2.24) is 4.98 Å². The molecule has 19 heavy (non-hydrogen) atoms. The van der Waals surface area contributed by atoms with Gasteiger partial charge in [0.05, 0.1) is 10.5 Å². The average molecular weight is 274 g/mol. The molecule has 1 aliphatic carbocycles. The third-order valence-corrected chi connectivity index (χ3v) is 4.47. The predicted octanol–water partition coefficient (Wildman–Crippen LogP) is 5.50. The fourth-order valence-electron chi connectivity index (χ4n) is 3.13. The predicted molar refractivity (Wildman–Crippen MR) is 82.0 cm³/mol. The van der Waals surface area contributed by atoms with Crippen molar-refractivity contribution in [2.24, 2.45) is 0 Å². The summed E-state index contributed by atoms with van der Waals surface area (Å²) in [5.74, 6) is 0.622. The van der Waals surface area contributed by atoms with E-state index in [2.05, 4.69) is 31.2 Å². The Morgan fingerprint density at radius 1 is 1.21 bits per heavy atom. The summed E-state index contributed by atoms with van der Waals surface area (Å²) in [6.45, 7) is 2.20. The Balaban J connectivity index is 2.03. The van der Waals surface area contributed by atoms with Gasteiger partial charge in [0.15, 0.2) is 0 Å². The number of pyridine rings is 1. The van der Waals surface area contributed by atoms with Crippen molar-refractivity contribution >= 4 is 22.5 Å². The van der Waals surface area contributed by atoms with Crippen LogP contribution in [-0.2, 0) is 6.42 Å². The number of fused-ring (bicyclic) bond motifs is 1. The van der Waals surface area contributed by atoms with Crippen molar-refractivity contribution in [3.8, 4) is 0 Å². The van der Waals surface area contributed by atoms with E-state index < -0.39 is 0 Å². The normalized spacial score (nSPS) is 16.3. The summed E-state index contributed by atoms with van der Waals surface area (Å²) in [6, 6.07) is 8.61. The first kappa shape index (κ1) is 12.9. The molecule has 2 heteroatoms. The Labute approximate surface area is 120 Å². The summed E-state index contributed by atoms with van der Waals surface area (Å²) in [5, 5.41) is 1.97. The molecule has 0 amide bonds. The standard InChI is InChI=1S/C17H20ClN/c1-2-5-12-8-9-16-14(10-12)15(18)11-17(19-16)13-6-3-4-7-13/h8-11,13H,2-7H2,1H3. The molecule has 1 heterocycles. The number of aryl methyl sites for hydroxylation is 1. The molecule has 0 bridgehead atoms. The van der Waals surface area contributed by atoms with E-state index in [-0.39, 0.29) is 0 Å². The Hall–Kier alpha value is -1.08. The number of hydrogen-bond donors (Lipinski definition) is 0. The van der Waals surface area contributed by atoms with Crippen LogP contribution in [-0.4, -0.2) is 4.98 Å². The molecular weight excluding hydrogens is 254 g/mol. The van der Waals surface area contributed by atoms with Gasteiger partial charge in [0.1, 0.15) is 0 Å². The smallest absolute Gasteiger partial charge is 0.0720 e. The molecule has 1 aromatic heterocycles. The van der Waals surface area contributed by atoms with Crippen LogP contribution >= 0.6 is 11.6 Å². The first-order chi connectivity index (χ1) is 9.28. The molecule has 1 saturated carbocycles. The number of nitrogens with zero attached hydrogens (tertiary/aromatic N) is 1. The second-order valence-electron chi connectivity index (χ2n) is 5.61. The van der Waals surface area contributed by atoms with Crippen molar-refractivity contribution < 1.29 is 0 Å². The number of aromatic nitrogens is 1. The largest absolute Gasteiger partial charge is 0.252 e. The molecule has 1 nitrogen and oxygen atoms in total. The minimum Gasteiger partial charge on any atom is -0.252 e. The molecule has 0 atom stereocenters. The van der Waals surface area contributed by atoms with E-state index >= 15 is 0 Å². The summed E-state index contributed by atoms with van der Waals surface area (Å²) < 4.78 is 0. The van der Waals surface area contributed by atoms with Gasteiger partial charge in [0.25, 0.3) is 0 Å². The van der Waals surface area contributed by atoms with Crippen molar-refractivity contribution in [2.75, 3.05) is 0 Å². The molecule has 2 aromatic rings. The molecule has 1 aromatic carbocycles. The van der Waals surface area contributed by atoms with Gasteiger partial charge < -0.3 is 0 Å². The molecule has 100 valence electrons. The Bertz CT molecular complexity index is 585. The molecule has 1 fully saturated rings. The molecule has 1 aliphatic rings. The van der Waals surface area contributed by atoms with E-state index in [0.29, 0.717) is 5.92 Å². The van der Waals surface area contributed by atoms with Crippen LogP contribution in [0.25, 0.3) is 10.9 Å². The first-order valence-electron chi connectivity index (χ1n) is 7.37. The zero-order chi connectivity index (χ0) is 13.2. The van der Waals surface area contributed by atoms with Crippen LogP contribution in [0.1, 0.15) is 56.2 Å². The lowest BCUT2D eigenvalue weighted by molar-refractivity contribution is 0.701. The molecule has 0 aliphatic heterocycles. The van der Waals surface area contributed by atoms with Gasteiger partial charge in [-0.15, -0.1) is 0 Å². The molecule has 0 N–H and O–H groups in total. The highest BCUT2D eigenvalue weighted by Crippen LogP contribution is 2.36. The van der Waals surface area contributed by atoms with Crippen LogP contribution in [0.15, 0.2) is 24.3 Å². The third-order valence-electron chi connectivity index (χ3n) is 4.15. The fraction of sp³-hybridized carbons (Fsp3) is 0.471. The van der Waals surface area contributed by atoms with E-state index in [1.807, 2.05) is 0 Å². The van der Waals surface area contributed by atoms with E-state index in [1.54, 1.807) is 0 Å². The van der Waals surface area contributed by atoms with E-state index in [0.717, 1.165) is 28.8 Å². The van der Waals surface area contributed by atoms with Gasteiger partial charge in [0.2, 0.25) is 0 Å². The van der Waals surface area contributed by atoms with E-state index in [4.69, 9.17) is 16.6 Å². The molecule has 0 unspecified atom stereocenters. The zero-order valence-corrected chi connectivity index (χ0v) is 12.2. The van der Waals surface area contributed by atoms with Crippen LogP contribution in [0.4, 0.5) is 0 Å². The highest BCUT2D eigenvalue weighted by molar-refractivity contribution is 6.35. The number of rotatable bonds is 3. The van der Waals surface area contributed by atoms with Crippen LogP contribution in [0, 0.1) is 0 Å². The van der Waals surface area contributed by atoms with Gasteiger partial charge in [-0.25, -0.2) is 0 Å². The summed E-state index contributed by atoms with van der Waals surface area (Å²) in [5.41, 5.74) is 3.60. The Kier molecular flexibility index (Phi) is 3.74. The van der Waals surface area contributed by atoms with Crippen LogP contribution in [0.3, 0.4) is 0 Å². The Morgan fingerprint density at radius 3 is 2.74 bits per heavy atom. The zero-order valence-electron chi connectivity index (χ0n) is 11.5. The van der Waals surface area contributed by atoms with Crippen LogP contribution < -0.4 is 0 Å².